The highest BCUT2D eigenvalue weighted by molar-refractivity contribution is 6.24. The van der Waals surface area contributed by atoms with Gasteiger partial charge >= 0.3 is 6.30 Å². The normalized spacial score (nSPS) is 11.1. The van der Waals surface area contributed by atoms with Crippen molar-refractivity contribution in [2.75, 3.05) is 0 Å². The summed E-state index contributed by atoms with van der Waals surface area (Å²) in [7, 11) is 0. The Morgan fingerprint density at radius 2 is 1.71 bits per heavy atom. The molecule has 0 atom stereocenters. The zero-order chi connectivity index (χ0) is 10.8. The van der Waals surface area contributed by atoms with Crippen LogP contribution >= 0.6 is 11.8 Å². The standard InChI is InChI=1S/C8H5ClF3NO/c9-13(8(10,11)12)7(14)6-4-2-1-3-5-6/h1-5H. The first kappa shape index (κ1) is 10.8. The zero-order valence-electron chi connectivity index (χ0n) is 6.75. The van der Waals surface area contributed by atoms with Gasteiger partial charge in [-0.3, -0.25) is 4.79 Å². The van der Waals surface area contributed by atoms with E-state index in [0.29, 0.717) is 0 Å². The molecule has 1 aromatic carbocycles. The van der Waals surface area contributed by atoms with Crippen molar-refractivity contribution in [1.82, 2.24) is 4.42 Å². The van der Waals surface area contributed by atoms with Crippen LogP contribution in [-0.4, -0.2) is 16.6 Å². The smallest absolute Gasteiger partial charge is 0.267 e. The number of alkyl halides is 3. The second-order valence-electron chi connectivity index (χ2n) is 2.42. The van der Waals surface area contributed by atoms with Crippen LogP contribution in [0.1, 0.15) is 10.4 Å². The highest BCUT2D eigenvalue weighted by Crippen LogP contribution is 2.25. The largest absolute Gasteiger partial charge is 0.501 e. The number of carbonyl (C=O) groups is 1. The van der Waals surface area contributed by atoms with Crippen molar-refractivity contribution >= 4 is 17.7 Å². The second kappa shape index (κ2) is 3.88. The lowest BCUT2D eigenvalue weighted by atomic mass is 10.2. The van der Waals surface area contributed by atoms with Crippen LogP contribution in [0.3, 0.4) is 0 Å². The summed E-state index contributed by atoms with van der Waals surface area (Å²) in [5, 5.41) is 0. The molecule has 6 heteroatoms. The molecule has 0 N–H and O–H groups in total. The fourth-order valence-electron chi connectivity index (χ4n) is 0.809. The van der Waals surface area contributed by atoms with Gasteiger partial charge in [-0.2, -0.15) is 4.42 Å². The van der Waals surface area contributed by atoms with Crippen LogP contribution in [-0.2, 0) is 0 Å². The van der Waals surface area contributed by atoms with Crippen LogP contribution in [0.25, 0.3) is 0 Å². The first-order valence-corrected chi connectivity index (χ1v) is 3.89. The molecule has 0 saturated heterocycles. The molecule has 0 spiro atoms. The number of amides is 1. The predicted molar refractivity (Wildman–Crippen MR) is 44.5 cm³/mol. The lowest BCUT2D eigenvalue weighted by molar-refractivity contribution is -0.194. The predicted octanol–water partition coefficient (Wildman–Crippen LogP) is 2.80. The number of benzene rings is 1. The maximum atomic E-state index is 12.0. The Morgan fingerprint density at radius 1 is 1.21 bits per heavy atom. The highest BCUT2D eigenvalue weighted by atomic mass is 35.5. The molecule has 0 aromatic heterocycles. The summed E-state index contributed by atoms with van der Waals surface area (Å²) in [6.45, 7) is 0. The molecule has 0 heterocycles. The molecule has 0 fully saturated rings. The Morgan fingerprint density at radius 3 is 2.14 bits per heavy atom. The van der Waals surface area contributed by atoms with Gasteiger partial charge in [-0.1, -0.05) is 18.2 Å². The van der Waals surface area contributed by atoms with Crippen molar-refractivity contribution < 1.29 is 18.0 Å². The maximum Gasteiger partial charge on any atom is 0.501 e. The average Bonchev–Trinajstić information content (AvgIpc) is 2.15. The van der Waals surface area contributed by atoms with Gasteiger partial charge in [0.2, 0.25) is 0 Å². The summed E-state index contributed by atoms with van der Waals surface area (Å²) in [5.41, 5.74) is -0.111. The van der Waals surface area contributed by atoms with E-state index in [1.54, 1.807) is 6.07 Å². The van der Waals surface area contributed by atoms with E-state index in [2.05, 4.69) is 0 Å². The third-order valence-electron chi connectivity index (χ3n) is 1.42. The van der Waals surface area contributed by atoms with Crippen LogP contribution in [0.2, 0.25) is 0 Å². The van der Waals surface area contributed by atoms with E-state index in [4.69, 9.17) is 11.8 Å². The van der Waals surface area contributed by atoms with Gasteiger partial charge in [0.15, 0.2) is 0 Å². The minimum atomic E-state index is -4.87. The summed E-state index contributed by atoms with van der Waals surface area (Å²) in [6, 6.07) is 7.00. The van der Waals surface area contributed by atoms with Crippen molar-refractivity contribution in [3.63, 3.8) is 0 Å². The van der Waals surface area contributed by atoms with Gasteiger partial charge in [-0.05, 0) is 12.1 Å². The number of hydrogen-bond acceptors (Lipinski definition) is 1. The summed E-state index contributed by atoms with van der Waals surface area (Å²) in [5.74, 6) is -1.29. The molecule has 0 saturated carbocycles. The molecule has 0 bridgehead atoms. The minimum Gasteiger partial charge on any atom is -0.267 e. The van der Waals surface area contributed by atoms with Crippen LogP contribution in [0, 0.1) is 0 Å². The highest BCUT2D eigenvalue weighted by Gasteiger charge is 2.40. The lowest BCUT2D eigenvalue weighted by Crippen LogP contribution is -2.35. The molecule has 1 rings (SSSR count). The number of carbonyl (C=O) groups excluding carboxylic acids is 1. The molecule has 0 aliphatic rings. The van der Waals surface area contributed by atoms with Crippen molar-refractivity contribution in [1.29, 1.82) is 0 Å². The minimum absolute atomic E-state index is 0.111. The summed E-state index contributed by atoms with van der Waals surface area (Å²) < 4.78 is 35.1. The van der Waals surface area contributed by atoms with Gasteiger partial charge in [0, 0.05) is 17.3 Å². The van der Waals surface area contributed by atoms with Crippen molar-refractivity contribution in [2.24, 2.45) is 0 Å². The third-order valence-corrected chi connectivity index (χ3v) is 1.77. The SMILES string of the molecule is O=C(c1ccccc1)N(Cl)C(F)(F)F. The van der Waals surface area contributed by atoms with E-state index < -0.39 is 16.6 Å². The molecule has 76 valence electrons. The van der Waals surface area contributed by atoms with Gasteiger partial charge in [-0.25, -0.2) is 0 Å². The van der Waals surface area contributed by atoms with Gasteiger partial charge in [0.25, 0.3) is 5.91 Å². The molecule has 0 radical (unpaired) electrons. The maximum absolute atomic E-state index is 12.0. The number of rotatable bonds is 1. The van der Waals surface area contributed by atoms with Gasteiger partial charge in [0.05, 0.1) is 0 Å². The Bertz CT molecular complexity index is 325. The fourth-order valence-corrected chi connectivity index (χ4v) is 0.907. The summed E-state index contributed by atoms with van der Waals surface area (Å²) >= 11 is 4.80. The lowest BCUT2D eigenvalue weighted by Gasteiger charge is -2.16. The summed E-state index contributed by atoms with van der Waals surface area (Å²) in [6.07, 6.45) is -4.87. The molecular weight excluding hydrogens is 219 g/mol. The quantitative estimate of drug-likeness (QED) is 0.530. The molecule has 2 nitrogen and oxygen atoms in total. The number of halogens is 4. The molecule has 0 aliphatic heterocycles. The van der Waals surface area contributed by atoms with E-state index in [-0.39, 0.29) is 5.56 Å². The first-order valence-electron chi connectivity index (χ1n) is 3.55. The van der Waals surface area contributed by atoms with E-state index in [1.165, 1.54) is 24.3 Å². The van der Waals surface area contributed by atoms with Crippen LogP contribution in [0.4, 0.5) is 13.2 Å². The van der Waals surface area contributed by atoms with E-state index >= 15 is 0 Å². The Balaban J connectivity index is 2.87. The Hall–Kier alpha value is -1.23. The van der Waals surface area contributed by atoms with E-state index in [1.807, 2.05) is 0 Å². The van der Waals surface area contributed by atoms with Crippen molar-refractivity contribution in [2.45, 2.75) is 6.30 Å². The molecule has 1 amide bonds. The fraction of sp³-hybridized carbons (Fsp3) is 0.125. The first-order chi connectivity index (χ1) is 6.43. The zero-order valence-corrected chi connectivity index (χ0v) is 7.51. The Kier molecular flexibility index (Phi) is 3.00. The van der Waals surface area contributed by atoms with Crippen LogP contribution in [0.5, 0.6) is 0 Å². The number of hydrogen-bond donors (Lipinski definition) is 0. The van der Waals surface area contributed by atoms with Crippen LogP contribution < -0.4 is 0 Å². The molecule has 0 aliphatic carbocycles. The van der Waals surface area contributed by atoms with E-state index in [9.17, 15) is 18.0 Å². The van der Waals surface area contributed by atoms with E-state index in [0.717, 1.165) is 0 Å². The third kappa shape index (κ3) is 2.38. The molecular formula is C8H5ClF3NO. The second-order valence-corrected chi connectivity index (χ2v) is 2.76. The summed E-state index contributed by atoms with van der Waals surface area (Å²) in [4.78, 5) is 11.1. The van der Waals surface area contributed by atoms with Crippen molar-refractivity contribution in [3.8, 4) is 0 Å². The van der Waals surface area contributed by atoms with Crippen LogP contribution in [0.15, 0.2) is 30.3 Å². The number of nitrogens with zero attached hydrogens (tertiary/aromatic N) is 1. The Labute approximate surface area is 83.0 Å². The monoisotopic (exact) mass is 223 g/mol. The molecule has 0 unspecified atom stereocenters. The van der Waals surface area contributed by atoms with Gasteiger partial charge < -0.3 is 0 Å². The molecule has 1 aromatic rings. The molecule has 14 heavy (non-hydrogen) atoms. The van der Waals surface area contributed by atoms with Crippen molar-refractivity contribution in [3.05, 3.63) is 35.9 Å². The van der Waals surface area contributed by atoms with Gasteiger partial charge in [-0.15, -0.1) is 13.2 Å². The van der Waals surface area contributed by atoms with Gasteiger partial charge in [0.1, 0.15) is 0 Å². The average molecular weight is 224 g/mol. The topological polar surface area (TPSA) is 20.3 Å².